The molecule has 0 radical (unpaired) electrons. The van der Waals surface area contributed by atoms with Crippen LogP contribution in [0.5, 0.6) is 11.5 Å². The summed E-state index contributed by atoms with van der Waals surface area (Å²) >= 11 is 0. The van der Waals surface area contributed by atoms with Gasteiger partial charge in [-0.3, -0.25) is 0 Å². The molecule has 3 aromatic carbocycles. The molecule has 0 fully saturated rings. The molecule has 0 amide bonds. The standard InChI is InChI=1S/C25H25N3O2/c1-27(2)19-12-8-18(9-13-19)25-28-23(21-6-4-5-7-24(21)30-25)16-22(26-28)17-10-14-20(29-3)15-11-17/h4-15,23,25H,16H2,1-3H3/t23-,25-/m0/s1. The molecule has 5 heteroatoms. The van der Waals surface area contributed by atoms with E-state index in [4.69, 9.17) is 14.6 Å². The summed E-state index contributed by atoms with van der Waals surface area (Å²) in [5, 5.41) is 7.14. The Bertz CT molecular complexity index is 1070. The first-order valence-electron chi connectivity index (χ1n) is 10.2. The summed E-state index contributed by atoms with van der Waals surface area (Å²) in [7, 11) is 5.78. The molecular formula is C25H25N3O2. The number of ether oxygens (including phenoxy) is 2. The highest BCUT2D eigenvalue weighted by atomic mass is 16.5. The van der Waals surface area contributed by atoms with Crippen molar-refractivity contribution in [3.05, 3.63) is 89.5 Å². The third-order valence-corrected chi connectivity index (χ3v) is 5.82. The van der Waals surface area contributed by atoms with Gasteiger partial charge < -0.3 is 14.4 Å². The smallest absolute Gasteiger partial charge is 0.213 e. The van der Waals surface area contributed by atoms with E-state index in [0.717, 1.165) is 40.4 Å². The van der Waals surface area contributed by atoms with E-state index in [1.165, 1.54) is 5.56 Å². The van der Waals surface area contributed by atoms with Gasteiger partial charge in [0.2, 0.25) is 6.23 Å². The number of nitrogens with zero attached hydrogens (tertiary/aromatic N) is 3. The van der Waals surface area contributed by atoms with Gasteiger partial charge in [0, 0.05) is 37.3 Å². The van der Waals surface area contributed by atoms with Crippen molar-refractivity contribution in [1.29, 1.82) is 0 Å². The number of hydrogen-bond donors (Lipinski definition) is 0. The molecule has 0 aromatic heterocycles. The summed E-state index contributed by atoms with van der Waals surface area (Å²) in [5.74, 6) is 1.79. The van der Waals surface area contributed by atoms with Gasteiger partial charge in [0.15, 0.2) is 0 Å². The van der Waals surface area contributed by atoms with E-state index in [1.807, 2.05) is 32.3 Å². The molecule has 2 aliphatic heterocycles. The molecule has 3 aromatic rings. The second-order valence-electron chi connectivity index (χ2n) is 7.87. The molecule has 0 bridgehead atoms. The minimum atomic E-state index is -0.253. The zero-order valence-corrected chi connectivity index (χ0v) is 17.4. The molecule has 0 saturated heterocycles. The molecule has 5 nitrogen and oxygen atoms in total. The molecule has 30 heavy (non-hydrogen) atoms. The Labute approximate surface area is 177 Å². The predicted molar refractivity (Wildman–Crippen MR) is 119 cm³/mol. The van der Waals surface area contributed by atoms with Crippen LogP contribution in [-0.4, -0.2) is 31.9 Å². The molecule has 2 atom stereocenters. The van der Waals surface area contributed by atoms with E-state index in [-0.39, 0.29) is 12.3 Å². The van der Waals surface area contributed by atoms with Crippen molar-refractivity contribution >= 4 is 11.4 Å². The summed E-state index contributed by atoms with van der Waals surface area (Å²) in [6.07, 6.45) is 0.593. The maximum absolute atomic E-state index is 6.44. The van der Waals surface area contributed by atoms with Crippen LogP contribution in [0.3, 0.4) is 0 Å². The lowest BCUT2D eigenvalue weighted by molar-refractivity contribution is -0.0190. The summed E-state index contributed by atoms with van der Waals surface area (Å²) in [5.41, 5.74) is 5.63. The zero-order chi connectivity index (χ0) is 20.7. The number of hydrogen-bond acceptors (Lipinski definition) is 5. The molecule has 152 valence electrons. The molecule has 0 N–H and O–H groups in total. The van der Waals surface area contributed by atoms with E-state index < -0.39 is 0 Å². The van der Waals surface area contributed by atoms with Crippen LogP contribution in [0.4, 0.5) is 5.69 Å². The van der Waals surface area contributed by atoms with Gasteiger partial charge in [0.25, 0.3) is 0 Å². The van der Waals surface area contributed by atoms with Crippen molar-refractivity contribution in [1.82, 2.24) is 5.01 Å². The number of methoxy groups -OCH3 is 1. The van der Waals surface area contributed by atoms with E-state index >= 15 is 0 Å². The summed E-state index contributed by atoms with van der Waals surface area (Å²) in [6, 6.07) is 25.1. The van der Waals surface area contributed by atoms with Gasteiger partial charge in [-0.2, -0.15) is 5.10 Å². The van der Waals surface area contributed by atoms with E-state index in [2.05, 4.69) is 64.5 Å². The van der Waals surface area contributed by atoms with Crippen molar-refractivity contribution < 1.29 is 9.47 Å². The average Bonchev–Trinajstić information content (AvgIpc) is 3.24. The fraction of sp³-hybridized carbons (Fsp3) is 0.240. The fourth-order valence-electron chi connectivity index (χ4n) is 4.15. The van der Waals surface area contributed by atoms with Crippen LogP contribution >= 0.6 is 0 Å². The zero-order valence-electron chi connectivity index (χ0n) is 17.4. The second-order valence-corrected chi connectivity index (χ2v) is 7.87. The fourth-order valence-corrected chi connectivity index (χ4v) is 4.15. The van der Waals surface area contributed by atoms with Crippen molar-refractivity contribution in [2.75, 3.05) is 26.1 Å². The maximum Gasteiger partial charge on any atom is 0.213 e. The first-order chi connectivity index (χ1) is 14.6. The average molecular weight is 399 g/mol. The number of para-hydroxylation sites is 1. The second kappa shape index (κ2) is 7.41. The van der Waals surface area contributed by atoms with Crippen LogP contribution in [-0.2, 0) is 0 Å². The normalized spacial score (nSPS) is 19.4. The first-order valence-corrected chi connectivity index (χ1v) is 10.2. The third kappa shape index (κ3) is 3.16. The number of benzene rings is 3. The van der Waals surface area contributed by atoms with Crippen molar-refractivity contribution in [3.8, 4) is 11.5 Å². The van der Waals surface area contributed by atoms with Crippen LogP contribution in [0.2, 0.25) is 0 Å². The van der Waals surface area contributed by atoms with E-state index in [9.17, 15) is 0 Å². The quantitative estimate of drug-likeness (QED) is 0.618. The van der Waals surface area contributed by atoms with Gasteiger partial charge in [0.1, 0.15) is 11.5 Å². The van der Waals surface area contributed by atoms with Gasteiger partial charge in [-0.1, -0.05) is 30.3 Å². The van der Waals surface area contributed by atoms with Crippen molar-refractivity contribution in [3.63, 3.8) is 0 Å². The molecule has 0 unspecified atom stereocenters. The maximum atomic E-state index is 6.44. The van der Waals surface area contributed by atoms with Gasteiger partial charge in [-0.15, -0.1) is 0 Å². The minimum Gasteiger partial charge on any atom is -0.497 e. The van der Waals surface area contributed by atoms with Crippen molar-refractivity contribution in [2.24, 2.45) is 5.10 Å². The topological polar surface area (TPSA) is 37.3 Å². The highest BCUT2D eigenvalue weighted by Crippen LogP contribution is 2.47. The highest BCUT2D eigenvalue weighted by Gasteiger charge is 2.40. The number of rotatable bonds is 4. The van der Waals surface area contributed by atoms with Crippen LogP contribution < -0.4 is 14.4 Å². The Balaban J connectivity index is 1.53. The largest absolute Gasteiger partial charge is 0.497 e. The summed E-state index contributed by atoms with van der Waals surface area (Å²) < 4.78 is 11.7. The molecule has 2 heterocycles. The Morgan fingerprint density at radius 1 is 0.967 bits per heavy atom. The predicted octanol–water partition coefficient (Wildman–Crippen LogP) is 5.00. The first kappa shape index (κ1) is 18.6. The lowest BCUT2D eigenvalue weighted by Gasteiger charge is -2.38. The Hall–Kier alpha value is -3.47. The van der Waals surface area contributed by atoms with Crippen LogP contribution in [0.15, 0.2) is 77.9 Å². The summed E-state index contributed by atoms with van der Waals surface area (Å²) in [6.45, 7) is 0. The van der Waals surface area contributed by atoms with Crippen molar-refractivity contribution in [2.45, 2.75) is 18.7 Å². The van der Waals surface area contributed by atoms with Crippen LogP contribution in [0, 0.1) is 0 Å². The molecule has 0 aliphatic carbocycles. The van der Waals surface area contributed by atoms with Gasteiger partial charge in [-0.05, 0) is 48.0 Å². The molecular weight excluding hydrogens is 374 g/mol. The molecule has 0 saturated carbocycles. The highest BCUT2D eigenvalue weighted by molar-refractivity contribution is 6.02. The number of anilines is 1. The van der Waals surface area contributed by atoms with Gasteiger partial charge in [-0.25, -0.2) is 5.01 Å². The monoisotopic (exact) mass is 399 g/mol. The van der Waals surface area contributed by atoms with E-state index in [0.29, 0.717) is 0 Å². The molecule has 5 rings (SSSR count). The number of hydrazone groups is 1. The Kier molecular flexibility index (Phi) is 4.58. The Morgan fingerprint density at radius 3 is 2.40 bits per heavy atom. The SMILES string of the molecule is COc1ccc(C2=NN3[C@@H](C2)c2ccccc2O[C@H]3c2ccc(N(C)C)cc2)cc1. The lowest BCUT2D eigenvalue weighted by Crippen LogP contribution is -2.33. The van der Waals surface area contributed by atoms with Gasteiger partial charge in [0.05, 0.1) is 18.9 Å². The minimum absolute atomic E-state index is 0.158. The summed E-state index contributed by atoms with van der Waals surface area (Å²) in [4.78, 5) is 2.10. The number of fused-ring (bicyclic) bond motifs is 3. The third-order valence-electron chi connectivity index (χ3n) is 5.82. The van der Waals surface area contributed by atoms with E-state index in [1.54, 1.807) is 7.11 Å². The molecule has 2 aliphatic rings. The van der Waals surface area contributed by atoms with Crippen LogP contribution in [0.1, 0.15) is 35.4 Å². The molecule has 0 spiro atoms. The Morgan fingerprint density at radius 2 is 1.70 bits per heavy atom. The lowest BCUT2D eigenvalue weighted by atomic mass is 9.96. The van der Waals surface area contributed by atoms with Crippen LogP contribution in [0.25, 0.3) is 0 Å². The van der Waals surface area contributed by atoms with Gasteiger partial charge >= 0.3 is 0 Å².